The molecule has 100 valence electrons. The minimum Gasteiger partial charge on any atom is -0.379 e. The summed E-state index contributed by atoms with van der Waals surface area (Å²) >= 11 is 0. The van der Waals surface area contributed by atoms with Crippen molar-refractivity contribution in [2.75, 3.05) is 13.1 Å². The van der Waals surface area contributed by atoms with Crippen LogP contribution in [0.15, 0.2) is 0 Å². The molecule has 1 aliphatic heterocycles. The van der Waals surface area contributed by atoms with Crippen LogP contribution in [0.1, 0.15) is 20.3 Å². The van der Waals surface area contributed by atoms with Crippen molar-refractivity contribution in [2.24, 2.45) is 11.7 Å². The molecule has 0 bridgehead atoms. The van der Waals surface area contributed by atoms with Crippen LogP contribution in [0.5, 0.6) is 0 Å². The number of carbonyl (C=O) groups is 1. The van der Waals surface area contributed by atoms with Crippen molar-refractivity contribution >= 4 is 5.91 Å². The van der Waals surface area contributed by atoms with Gasteiger partial charge in [0, 0.05) is 13.0 Å². The number of halogens is 3. The summed E-state index contributed by atoms with van der Waals surface area (Å²) in [6.07, 6.45) is -5.21. The smallest absolute Gasteiger partial charge is 0.379 e. The Bertz CT molecular complexity index is 306. The van der Waals surface area contributed by atoms with Gasteiger partial charge in [-0.25, -0.2) is 0 Å². The minimum atomic E-state index is -4.72. The molecular formula is C10H17F3N2O2. The second-order valence-corrected chi connectivity index (χ2v) is 4.81. The fraction of sp³-hybridized carbons (Fsp3) is 0.900. The maximum absolute atomic E-state index is 12.5. The zero-order valence-corrected chi connectivity index (χ0v) is 9.79. The maximum atomic E-state index is 12.5. The number of β-amino-alcohol motifs (C(OH)–C–C–N with tert-alkyl or cyclic N) is 1. The van der Waals surface area contributed by atoms with Crippen LogP contribution in [0.2, 0.25) is 0 Å². The Kier molecular flexibility index (Phi) is 3.73. The molecule has 0 aromatic carbocycles. The molecular weight excluding hydrogens is 237 g/mol. The van der Waals surface area contributed by atoms with E-state index in [-0.39, 0.29) is 12.5 Å². The van der Waals surface area contributed by atoms with Gasteiger partial charge in [0.25, 0.3) is 0 Å². The Hall–Kier alpha value is -0.820. The number of nitrogens with zero attached hydrogens (tertiary/aromatic N) is 1. The molecule has 0 aliphatic carbocycles. The molecule has 1 aliphatic rings. The molecule has 1 amide bonds. The van der Waals surface area contributed by atoms with E-state index in [4.69, 9.17) is 5.73 Å². The van der Waals surface area contributed by atoms with E-state index in [1.54, 1.807) is 13.8 Å². The first-order valence-corrected chi connectivity index (χ1v) is 5.42. The Morgan fingerprint density at radius 1 is 1.47 bits per heavy atom. The van der Waals surface area contributed by atoms with E-state index in [1.165, 1.54) is 0 Å². The molecule has 1 fully saturated rings. The van der Waals surface area contributed by atoms with Crippen LogP contribution in [-0.2, 0) is 4.79 Å². The van der Waals surface area contributed by atoms with Gasteiger partial charge in [0.15, 0.2) is 5.60 Å². The van der Waals surface area contributed by atoms with Crippen molar-refractivity contribution in [3.63, 3.8) is 0 Å². The normalized spacial score (nSPS) is 27.6. The van der Waals surface area contributed by atoms with Gasteiger partial charge in [-0.1, -0.05) is 13.8 Å². The number of nitrogens with two attached hydrogens (primary N) is 1. The monoisotopic (exact) mass is 254 g/mol. The molecule has 0 radical (unpaired) electrons. The number of amides is 1. The van der Waals surface area contributed by atoms with E-state index in [9.17, 15) is 23.1 Å². The third kappa shape index (κ3) is 2.71. The minimum absolute atomic E-state index is 0.116. The predicted molar refractivity (Wildman–Crippen MR) is 55.0 cm³/mol. The van der Waals surface area contributed by atoms with Crippen LogP contribution in [0.4, 0.5) is 13.2 Å². The van der Waals surface area contributed by atoms with Crippen LogP contribution < -0.4 is 5.73 Å². The maximum Gasteiger partial charge on any atom is 0.419 e. The number of hydrogen-bond donors (Lipinski definition) is 2. The van der Waals surface area contributed by atoms with Gasteiger partial charge in [-0.2, -0.15) is 13.2 Å². The lowest BCUT2D eigenvalue weighted by molar-refractivity contribution is -0.253. The molecule has 0 aromatic rings. The van der Waals surface area contributed by atoms with E-state index in [0.29, 0.717) is 0 Å². The SMILES string of the molecule is CC(C)[C@H](N)C(=O)N1CCC(O)(C(F)(F)F)C1. The van der Waals surface area contributed by atoms with Crippen molar-refractivity contribution in [3.8, 4) is 0 Å². The van der Waals surface area contributed by atoms with Crippen molar-refractivity contribution in [3.05, 3.63) is 0 Å². The number of hydrogen-bond acceptors (Lipinski definition) is 3. The van der Waals surface area contributed by atoms with E-state index in [0.717, 1.165) is 4.90 Å². The third-order valence-corrected chi connectivity index (χ3v) is 3.09. The van der Waals surface area contributed by atoms with Crippen LogP contribution in [0, 0.1) is 5.92 Å². The van der Waals surface area contributed by atoms with Crippen molar-refractivity contribution in [1.29, 1.82) is 0 Å². The standard InChI is InChI=1S/C10H17F3N2O2/c1-6(2)7(14)8(16)15-4-3-9(17,5-15)10(11,12)13/h6-7,17H,3-5,14H2,1-2H3/t7-,9?/m0/s1. The molecule has 0 aromatic heterocycles. The summed E-state index contributed by atoms with van der Waals surface area (Å²) in [6.45, 7) is 2.59. The van der Waals surface area contributed by atoms with Crippen LogP contribution in [0.25, 0.3) is 0 Å². The molecule has 4 nitrogen and oxygen atoms in total. The Morgan fingerprint density at radius 2 is 2.00 bits per heavy atom. The van der Waals surface area contributed by atoms with E-state index in [2.05, 4.69) is 0 Å². The highest BCUT2D eigenvalue weighted by atomic mass is 19.4. The lowest BCUT2D eigenvalue weighted by atomic mass is 10.0. The summed E-state index contributed by atoms with van der Waals surface area (Å²) in [5, 5.41) is 9.41. The van der Waals surface area contributed by atoms with E-state index >= 15 is 0 Å². The van der Waals surface area contributed by atoms with E-state index < -0.39 is 36.7 Å². The molecule has 2 atom stereocenters. The summed E-state index contributed by atoms with van der Waals surface area (Å²) in [6, 6.07) is -0.828. The Labute approximate surface area is 97.6 Å². The highest BCUT2D eigenvalue weighted by Gasteiger charge is 2.58. The second-order valence-electron chi connectivity index (χ2n) is 4.81. The highest BCUT2D eigenvalue weighted by Crippen LogP contribution is 2.37. The topological polar surface area (TPSA) is 66.6 Å². The molecule has 0 saturated carbocycles. The number of rotatable bonds is 2. The summed E-state index contributed by atoms with van der Waals surface area (Å²) in [5.41, 5.74) is 2.79. The summed E-state index contributed by atoms with van der Waals surface area (Å²) < 4.78 is 37.6. The highest BCUT2D eigenvalue weighted by molar-refractivity contribution is 5.82. The molecule has 1 unspecified atom stereocenters. The van der Waals surface area contributed by atoms with Crippen molar-refractivity contribution in [1.82, 2.24) is 4.90 Å². The van der Waals surface area contributed by atoms with E-state index in [1.807, 2.05) is 0 Å². The molecule has 3 N–H and O–H groups in total. The predicted octanol–water partition coefficient (Wildman–Crippen LogP) is 0.495. The number of carbonyl (C=O) groups excluding carboxylic acids is 1. The molecule has 1 saturated heterocycles. The largest absolute Gasteiger partial charge is 0.419 e. The van der Waals surface area contributed by atoms with Gasteiger partial charge in [-0.3, -0.25) is 4.79 Å². The van der Waals surface area contributed by atoms with Gasteiger partial charge >= 0.3 is 6.18 Å². The van der Waals surface area contributed by atoms with Gasteiger partial charge < -0.3 is 15.7 Å². The third-order valence-electron chi connectivity index (χ3n) is 3.09. The van der Waals surface area contributed by atoms with Gasteiger partial charge in [0.2, 0.25) is 5.91 Å². The molecule has 7 heteroatoms. The van der Waals surface area contributed by atoms with Crippen molar-refractivity contribution < 1.29 is 23.1 Å². The van der Waals surface area contributed by atoms with Gasteiger partial charge in [0.05, 0.1) is 12.6 Å². The summed E-state index contributed by atoms with van der Waals surface area (Å²) in [4.78, 5) is 12.7. The van der Waals surface area contributed by atoms with Crippen LogP contribution >= 0.6 is 0 Å². The van der Waals surface area contributed by atoms with Crippen LogP contribution in [0.3, 0.4) is 0 Å². The molecule has 0 spiro atoms. The molecule has 17 heavy (non-hydrogen) atoms. The van der Waals surface area contributed by atoms with Gasteiger partial charge in [0.1, 0.15) is 0 Å². The quantitative estimate of drug-likeness (QED) is 0.754. The first kappa shape index (κ1) is 14.2. The first-order chi connectivity index (χ1) is 7.58. The average Bonchev–Trinajstić information content (AvgIpc) is 2.59. The second kappa shape index (κ2) is 4.45. The first-order valence-electron chi connectivity index (χ1n) is 5.42. The lowest BCUT2D eigenvalue weighted by Gasteiger charge is -2.27. The average molecular weight is 254 g/mol. The van der Waals surface area contributed by atoms with Gasteiger partial charge in [-0.05, 0) is 5.92 Å². The lowest BCUT2D eigenvalue weighted by Crippen LogP contribution is -2.51. The zero-order valence-electron chi connectivity index (χ0n) is 9.79. The number of likely N-dealkylation sites (tertiary alicyclic amines) is 1. The summed E-state index contributed by atoms with van der Waals surface area (Å²) in [7, 11) is 0. The zero-order chi connectivity index (χ0) is 13.4. The summed E-state index contributed by atoms with van der Waals surface area (Å²) in [5.74, 6) is -0.692. The molecule has 1 heterocycles. The fourth-order valence-corrected chi connectivity index (χ4v) is 1.71. The molecule has 1 rings (SSSR count). The number of alkyl halides is 3. The Balaban J connectivity index is 2.71. The fourth-order valence-electron chi connectivity index (χ4n) is 1.71. The van der Waals surface area contributed by atoms with Crippen LogP contribution in [-0.4, -0.2) is 46.8 Å². The van der Waals surface area contributed by atoms with Crippen molar-refractivity contribution in [2.45, 2.75) is 38.1 Å². The number of aliphatic hydroxyl groups is 1. The van der Waals surface area contributed by atoms with Gasteiger partial charge in [-0.15, -0.1) is 0 Å². The Morgan fingerprint density at radius 3 is 2.35 bits per heavy atom.